The Kier molecular flexibility index (Phi) is 7.37. The number of thioether (sulfide) groups is 1. The lowest BCUT2D eigenvalue weighted by molar-refractivity contribution is -0.111. The van der Waals surface area contributed by atoms with Crippen molar-refractivity contribution < 1.29 is 9.53 Å². The summed E-state index contributed by atoms with van der Waals surface area (Å²) in [6.45, 7) is 11.9. The molecule has 0 aliphatic carbocycles. The Balaban J connectivity index is 1.67. The van der Waals surface area contributed by atoms with Crippen molar-refractivity contribution in [3.63, 3.8) is 0 Å². The van der Waals surface area contributed by atoms with E-state index in [0.717, 1.165) is 61.2 Å². The molecule has 0 radical (unpaired) electrons. The fourth-order valence-electron chi connectivity index (χ4n) is 3.98. The lowest BCUT2D eigenvalue weighted by Gasteiger charge is -2.27. The van der Waals surface area contributed by atoms with Gasteiger partial charge in [-0.2, -0.15) is 0 Å². The van der Waals surface area contributed by atoms with Gasteiger partial charge < -0.3 is 20.3 Å². The van der Waals surface area contributed by atoms with E-state index < -0.39 is 0 Å². The third kappa shape index (κ3) is 5.96. The van der Waals surface area contributed by atoms with Crippen LogP contribution in [0.3, 0.4) is 0 Å². The maximum atomic E-state index is 11.8. The number of hydrogen-bond acceptors (Lipinski definition) is 7. The quantitative estimate of drug-likeness (QED) is 0.593. The van der Waals surface area contributed by atoms with Crippen LogP contribution >= 0.6 is 11.8 Å². The highest BCUT2D eigenvalue weighted by Crippen LogP contribution is 2.33. The number of allylic oxidation sites excluding steroid dienone is 1. The van der Waals surface area contributed by atoms with Gasteiger partial charge in [0.25, 0.3) is 0 Å². The normalized spacial score (nSPS) is 18.7. The topological polar surface area (TPSA) is 69.7 Å². The summed E-state index contributed by atoms with van der Waals surface area (Å²) in [5.41, 5.74) is 4.99. The number of aryl methyl sites for hydroxylation is 1. The summed E-state index contributed by atoms with van der Waals surface area (Å²) in [6.07, 6.45) is 3.41. The van der Waals surface area contributed by atoms with E-state index in [2.05, 4.69) is 66.2 Å². The van der Waals surface area contributed by atoms with E-state index in [-0.39, 0.29) is 11.4 Å². The minimum atomic E-state index is -0.231. The van der Waals surface area contributed by atoms with Crippen molar-refractivity contribution in [2.75, 3.05) is 44.0 Å². The van der Waals surface area contributed by atoms with Crippen molar-refractivity contribution in [1.29, 1.82) is 0 Å². The van der Waals surface area contributed by atoms with Gasteiger partial charge >= 0.3 is 0 Å². The molecule has 174 valence electrons. The molecule has 0 bridgehead atoms. The Morgan fingerprint density at radius 1 is 1.27 bits per heavy atom. The molecule has 33 heavy (non-hydrogen) atoms. The van der Waals surface area contributed by atoms with Gasteiger partial charge in [-0.3, -0.25) is 9.69 Å². The maximum Gasteiger partial charge on any atom is 0.247 e. The number of benzene rings is 1. The second kappa shape index (κ2) is 10.4. The Hall–Kier alpha value is -2.81. The summed E-state index contributed by atoms with van der Waals surface area (Å²) >= 11 is 1.78. The van der Waals surface area contributed by atoms with E-state index >= 15 is 0 Å². The molecule has 1 unspecified atom stereocenters. The fraction of sp³-hybridized carbons (Fsp3) is 0.360. The molecule has 7 nitrogen and oxygen atoms in total. The number of anilines is 2. The summed E-state index contributed by atoms with van der Waals surface area (Å²) in [4.78, 5) is 22.6. The summed E-state index contributed by atoms with van der Waals surface area (Å²) in [5.74, 6) is 0.605. The van der Waals surface area contributed by atoms with Gasteiger partial charge in [0.2, 0.25) is 5.91 Å². The third-order valence-corrected chi connectivity index (χ3v) is 6.84. The number of morpholine rings is 1. The van der Waals surface area contributed by atoms with E-state index in [1.807, 2.05) is 18.2 Å². The van der Waals surface area contributed by atoms with E-state index in [1.54, 1.807) is 11.8 Å². The molecule has 2 aliphatic rings. The minimum Gasteiger partial charge on any atom is -0.379 e. The predicted octanol–water partition coefficient (Wildman–Crippen LogP) is 4.25. The smallest absolute Gasteiger partial charge is 0.247 e. The minimum absolute atomic E-state index is 0.100. The first kappa shape index (κ1) is 23.4. The first-order valence-electron chi connectivity index (χ1n) is 11.1. The number of nitrogens with one attached hydrogen (secondary N) is 2. The summed E-state index contributed by atoms with van der Waals surface area (Å²) in [7, 11) is 2.07. The van der Waals surface area contributed by atoms with Crippen molar-refractivity contribution in [3.8, 4) is 11.3 Å². The first-order valence-corrected chi connectivity index (χ1v) is 12.0. The van der Waals surface area contributed by atoms with Crippen molar-refractivity contribution in [1.82, 2.24) is 14.8 Å². The highest BCUT2D eigenvalue weighted by Gasteiger charge is 2.21. The number of aromatic nitrogens is 1. The van der Waals surface area contributed by atoms with Gasteiger partial charge in [-0.25, -0.2) is 4.98 Å². The molecule has 3 heterocycles. The second-order valence-corrected chi connectivity index (χ2v) is 9.70. The zero-order valence-electron chi connectivity index (χ0n) is 19.4. The molecule has 2 N–H and O–H groups in total. The molecule has 1 fully saturated rings. The van der Waals surface area contributed by atoms with E-state index in [9.17, 15) is 4.79 Å². The van der Waals surface area contributed by atoms with Gasteiger partial charge in [0.05, 0.1) is 18.9 Å². The molecule has 1 aromatic carbocycles. The van der Waals surface area contributed by atoms with Gasteiger partial charge in [-0.15, -0.1) is 0 Å². The summed E-state index contributed by atoms with van der Waals surface area (Å²) in [6, 6.07) is 10.2. The number of pyridine rings is 1. The van der Waals surface area contributed by atoms with Gasteiger partial charge in [0.1, 0.15) is 5.82 Å². The number of carbonyl (C=O) groups is 1. The molecular weight excluding hydrogens is 434 g/mol. The molecule has 0 saturated carbocycles. The highest BCUT2D eigenvalue weighted by molar-refractivity contribution is 8.03. The van der Waals surface area contributed by atoms with Crippen LogP contribution in [0.1, 0.15) is 18.1 Å². The first-order chi connectivity index (χ1) is 15.9. The van der Waals surface area contributed by atoms with Crippen molar-refractivity contribution in [3.05, 3.63) is 65.2 Å². The van der Waals surface area contributed by atoms with Crippen LogP contribution in [-0.4, -0.2) is 59.5 Å². The van der Waals surface area contributed by atoms with E-state index in [0.29, 0.717) is 0 Å². The number of rotatable bonds is 7. The molecule has 1 aromatic heterocycles. The Morgan fingerprint density at radius 3 is 2.76 bits per heavy atom. The summed E-state index contributed by atoms with van der Waals surface area (Å²) in [5, 5.41) is 6.44. The van der Waals surface area contributed by atoms with Crippen LogP contribution in [0.15, 0.2) is 54.1 Å². The van der Waals surface area contributed by atoms with Crippen molar-refractivity contribution in [2.24, 2.45) is 0 Å². The molecule has 1 saturated heterocycles. The van der Waals surface area contributed by atoms with Crippen LogP contribution in [0, 0.1) is 6.92 Å². The number of ether oxygens (including phenoxy) is 1. The average Bonchev–Trinajstić information content (AvgIpc) is 3.11. The lowest BCUT2D eigenvalue weighted by Crippen LogP contribution is -2.35. The zero-order valence-corrected chi connectivity index (χ0v) is 20.2. The highest BCUT2D eigenvalue weighted by atomic mass is 32.2. The largest absolute Gasteiger partial charge is 0.379 e. The van der Waals surface area contributed by atoms with Crippen LogP contribution in [0.4, 0.5) is 11.5 Å². The van der Waals surface area contributed by atoms with Crippen molar-refractivity contribution in [2.45, 2.75) is 25.9 Å². The number of hydrogen-bond donors (Lipinski definition) is 2. The Labute approximate surface area is 199 Å². The molecule has 2 aliphatic heterocycles. The molecule has 2 aromatic rings. The number of nitrogens with zero attached hydrogens (tertiary/aromatic N) is 3. The molecule has 0 spiro atoms. The number of carbonyl (C=O) groups excluding carboxylic acids is 1. The van der Waals surface area contributed by atoms with Crippen LogP contribution in [0.2, 0.25) is 0 Å². The monoisotopic (exact) mass is 465 g/mol. The summed E-state index contributed by atoms with van der Waals surface area (Å²) < 4.78 is 5.51. The van der Waals surface area contributed by atoms with Crippen molar-refractivity contribution >= 4 is 29.2 Å². The average molecular weight is 466 g/mol. The van der Waals surface area contributed by atoms with Gasteiger partial charge in [0.15, 0.2) is 5.50 Å². The molecule has 4 rings (SSSR count). The second-order valence-electron chi connectivity index (χ2n) is 8.38. The van der Waals surface area contributed by atoms with Crippen LogP contribution < -0.4 is 10.6 Å². The van der Waals surface area contributed by atoms with Gasteiger partial charge in [-0.05, 0) is 55.3 Å². The molecule has 1 atom stereocenters. The molecular formula is C25H31N5O2S. The van der Waals surface area contributed by atoms with Crippen LogP contribution in [0.25, 0.3) is 11.3 Å². The maximum absolute atomic E-state index is 11.8. The van der Waals surface area contributed by atoms with Gasteiger partial charge in [-0.1, -0.05) is 24.4 Å². The van der Waals surface area contributed by atoms with Crippen LogP contribution in [0.5, 0.6) is 0 Å². The number of amides is 1. The molecule has 1 amide bonds. The van der Waals surface area contributed by atoms with E-state index in [1.165, 1.54) is 16.5 Å². The standard InChI is InChI=1S/C25H31N5O2S/c1-5-24(31)26-20-7-6-17(2)21(14-20)22-12-19(16-30-8-10-32-11-9-30)13-23(27-22)28-25-29(4)15-18(3)33-25/h5-7,12-15,25H,1,8-11,16H2,2-4H3,(H,26,31)(H,27,28). The fourth-order valence-corrected chi connectivity index (χ4v) is 4.96. The third-order valence-electron chi connectivity index (χ3n) is 5.69. The van der Waals surface area contributed by atoms with Crippen LogP contribution in [-0.2, 0) is 16.1 Å². The molecule has 8 heteroatoms. The lowest BCUT2D eigenvalue weighted by atomic mass is 10.0. The van der Waals surface area contributed by atoms with Gasteiger partial charge in [0, 0.05) is 49.0 Å². The predicted molar refractivity (Wildman–Crippen MR) is 136 cm³/mol. The zero-order chi connectivity index (χ0) is 23.4. The Bertz CT molecular complexity index is 1060. The Morgan fingerprint density at radius 2 is 2.06 bits per heavy atom. The van der Waals surface area contributed by atoms with E-state index in [4.69, 9.17) is 9.72 Å². The SMILES string of the molecule is C=CC(=O)Nc1ccc(C)c(-c2cc(CN3CCOCC3)cc(NC3SC(C)=CN3C)n2)c1.